The molecule has 0 aromatic carbocycles. The van der Waals surface area contributed by atoms with Gasteiger partial charge in [-0.15, -0.1) is 0 Å². The Labute approximate surface area is 132 Å². The topological polar surface area (TPSA) is 0 Å². The molecule has 0 aromatic heterocycles. The molecule has 0 spiro atoms. The maximum atomic E-state index is 14.2. The van der Waals surface area contributed by atoms with E-state index in [9.17, 15) is 8.78 Å². The van der Waals surface area contributed by atoms with Crippen LogP contribution in [-0.2, 0) is 0 Å². The van der Waals surface area contributed by atoms with Crippen molar-refractivity contribution >= 4 is 0 Å². The van der Waals surface area contributed by atoms with Crippen LogP contribution >= 0.6 is 0 Å². The summed E-state index contributed by atoms with van der Waals surface area (Å²) in [5.41, 5.74) is -1.20. The number of hydrogen-bond acceptors (Lipinski definition) is 0. The molecule has 1 unspecified atom stereocenters. The summed E-state index contributed by atoms with van der Waals surface area (Å²) in [6, 6.07) is 0. The minimum atomic E-state index is -1.20. The summed E-state index contributed by atoms with van der Waals surface area (Å²) >= 11 is 0. The molecule has 0 aliphatic rings. The van der Waals surface area contributed by atoms with Crippen molar-refractivity contribution in [3.05, 3.63) is 6.92 Å². The van der Waals surface area contributed by atoms with Gasteiger partial charge in [-0.25, -0.2) is 4.39 Å². The van der Waals surface area contributed by atoms with Gasteiger partial charge in [-0.3, -0.25) is 4.39 Å². The first-order valence-electron chi connectivity index (χ1n) is 9.22. The van der Waals surface area contributed by atoms with Crippen molar-refractivity contribution in [1.82, 2.24) is 0 Å². The third-order valence-electron chi connectivity index (χ3n) is 4.24. The second-order valence-electron chi connectivity index (χ2n) is 6.58. The zero-order chi connectivity index (χ0) is 15.8. The van der Waals surface area contributed by atoms with E-state index >= 15 is 0 Å². The molecule has 0 fully saturated rings. The summed E-state index contributed by atoms with van der Waals surface area (Å²) < 4.78 is 26.1. The second kappa shape index (κ2) is 14.8. The van der Waals surface area contributed by atoms with Crippen molar-refractivity contribution in [1.29, 1.82) is 0 Å². The molecule has 0 heterocycles. The van der Waals surface area contributed by atoms with E-state index in [1.165, 1.54) is 38.5 Å². The minimum absolute atomic E-state index is 0.180. The maximum Gasteiger partial charge on any atom is 0.111 e. The highest BCUT2D eigenvalue weighted by molar-refractivity contribution is 4.81. The Morgan fingerprint density at radius 2 is 1.05 bits per heavy atom. The van der Waals surface area contributed by atoms with Crippen LogP contribution in [0.25, 0.3) is 0 Å². The van der Waals surface area contributed by atoms with Crippen LogP contribution in [0.2, 0.25) is 0 Å². The first kappa shape index (κ1) is 20.9. The van der Waals surface area contributed by atoms with E-state index in [-0.39, 0.29) is 6.67 Å². The second-order valence-corrected chi connectivity index (χ2v) is 6.58. The molecule has 0 amide bonds. The zero-order valence-electron chi connectivity index (χ0n) is 14.3. The van der Waals surface area contributed by atoms with Gasteiger partial charge in [0, 0.05) is 0 Å². The largest absolute Gasteiger partial charge is 0.251 e. The molecule has 0 rings (SSSR count). The lowest BCUT2D eigenvalue weighted by Crippen LogP contribution is -2.18. The van der Waals surface area contributed by atoms with Crippen LogP contribution in [0, 0.1) is 6.92 Å². The van der Waals surface area contributed by atoms with Gasteiger partial charge in [0.1, 0.15) is 5.67 Å². The van der Waals surface area contributed by atoms with Crippen molar-refractivity contribution in [3.63, 3.8) is 0 Å². The Kier molecular flexibility index (Phi) is 14.7. The Morgan fingerprint density at radius 3 is 1.48 bits per heavy atom. The van der Waals surface area contributed by atoms with E-state index in [1.54, 1.807) is 0 Å². The number of hydrogen-bond donors (Lipinski definition) is 0. The van der Waals surface area contributed by atoms with Crippen molar-refractivity contribution in [2.24, 2.45) is 0 Å². The van der Waals surface area contributed by atoms with E-state index in [1.807, 2.05) is 0 Å². The fourth-order valence-electron chi connectivity index (χ4n) is 2.77. The molecule has 0 aromatic rings. The Hall–Kier alpha value is -0.140. The highest BCUT2D eigenvalue weighted by atomic mass is 19.1. The molecule has 1 atom stereocenters. The number of alkyl halides is 2. The fraction of sp³-hybridized carbons (Fsp3) is 0.947. The molecule has 0 aliphatic heterocycles. The molecule has 0 bridgehead atoms. The molecule has 0 saturated heterocycles. The molecular formula is C19H37F2. The number of unbranched alkanes of at least 4 members (excludes halogenated alkanes) is 11. The normalized spacial score (nSPS) is 14.3. The van der Waals surface area contributed by atoms with Crippen LogP contribution in [0.3, 0.4) is 0 Å². The predicted octanol–water partition coefficient (Wildman–Crippen LogP) is 7.37. The SMILES string of the molecule is [CH2]C(F)(CCCCCCC)CCCCCCCCCCF. The van der Waals surface area contributed by atoms with Gasteiger partial charge in [0.25, 0.3) is 0 Å². The van der Waals surface area contributed by atoms with Gasteiger partial charge < -0.3 is 0 Å². The van der Waals surface area contributed by atoms with Gasteiger partial charge in [0.05, 0.1) is 6.67 Å². The van der Waals surface area contributed by atoms with E-state index in [4.69, 9.17) is 0 Å². The lowest BCUT2D eigenvalue weighted by Gasteiger charge is -2.20. The van der Waals surface area contributed by atoms with Gasteiger partial charge >= 0.3 is 0 Å². The molecule has 0 aliphatic carbocycles. The summed E-state index contributed by atoms with van der Waals surface area (Å²) in [4.78, 5) is 0. The van der Waals surface area contributed by atoms with Crippen molar-refractivity contribution < 1.29 is 8.78 Å². The van der Waals surface area contributed by atoms with Crippen molar-refractivity contribution in [3.8, 4) is 0 Å². The highest BCUT2D eigenvalue weighted by Gasteiger charge is 2.21. The smallest absolute Gasteiger partial charge is 0.111 e. The lowest BCUT2D eigenvalue weighted by atomic mass is 9.93. The molecule has 0 N–H and O–H groups in total. The average molecular weight is 304 g/mol. The molecular weight excluding hydrogens is 266 g/mol. The summed E-state index contributed by atoms with van der Waals surface area (Å²) in [5.74, 6) is 0. The predicted molar refractivity (Wildman–Crippen MR) is 90.1 cm³/mol. The summed E-state index contributed by atoms with van der Waals surface area (Å²) in [6.07, 6.45) is 15.6. The van der Waals surface area contributed by atoms with Crippen molar-refractivity contribution in [2.75, 3.05) is 6.67 Å². The van der Waals surface area contributed by atoms with Crippen LogP contribution in [0.15, 0.2) is 0 Å². The molecule has 2 heteroatoms. The van der Waals surface area contributed by atoms with Crippen LogP contribution in [0.1, 0.15) is 103 Å². The Bertz CT molecular complexity index is 202. The van der Waals surface area contributed by atoms with Gasteiger partial charge in [-0.05, 0) is 26.2 Å². The van der Waals surface area contributed by atoms with E-state index in [0.29, 0.717) is 19.3 Å². The monoisotopic (exact) mass is 303 g/mol. The van der Waals surface area contributed by atoms with E-state index in [2.05, 4.69) is 13.8 Å². The summed E-state index contributed by atoms with van der Waals surface area (Å²) in [7, 11) is 0. The van der Waals surface area contributed by atoms with Gasteiger partial charge in [-0.2, -0.15) is 0 Å². The van der Waals surface area contributed by atoms with Crippen LogP contribution < -0.4 is 0 Å². The number of rotatable bonds is 16. The summed E-state index contributed by atoms with van der Waals surface area (Å²) in [5, 5.41) is 0. The van der Waals surface area contributed by atoms with E-state index < -0.39 is 5.67 Å². The molecule has 0 saturated carbocycles. The standard InChI is InChI=1S/C19H37F2/c1-3-4-5-10-13-16-19(2,21)17-14-11-8-6-7-9-12-15-18-20/h2-18H2,1H3. The van der Waals surface area contributed by atoms with Gasteiger partial charge in [0.15, 0.2) is 0 Å². The third kappa shape index (κ3) is 16.1. The molecule has 1 radical (unpaired) electrons. The first-order chi connectivity index (χ1) is 10.1. The quantitative estimate of drug-likeness (QED) is 0.261. The van der Waals surface area contributed by atoms with Crippen LogP contribution in [0.4, 0.5) is 8.78 Å². The highest BCUT2D eigenvalue weighted by Crippen LogP contribution is 2.26. The molecule has 21 heavy (non-hydrogen) atoms. The Balaban J connectivity index is 3.32. The summed E-state index contributed by atoms with van der Waals surface area (Å²) in [6.45, 7) is 5.77. The van der Waals surface area contributed by atoms with Crippen molar-refractivity contribution in [2.45, 2.75) is 109 Å². The number of halogens is 2. The van der Waals surface area contributed by atoms with E-state index in [0.717, 1.165) is 38.5 Å². The van der Waals surface area contributed by atoms with Gasteiger partial charge in [0.2, 0.25) is 0 Å². The average Bonchev–Trinajstić information content (AvgIpc) is 2.45. The third-order valence-corrected chi connectivity index (χ3v) is 4.24. The fourth-order valence-corrected chi connectivity index (χ4v) is 2.77. The zero-order valence-corrected chi connectivity index (χ0v) is 14.3. The first-order valence-corrected chi connectivity index (χ1v) is 9.22. The maximum absolute atomic E-state index is 14.2. The minimum Gasteiger partial charge on any atom is -0.251 e. The Morgan fingerprint density at radius 1 is 0.667 bits per heavy atom. The molecule has 0 nitrogen and oxygen atoms in total. The molecule has 127 valence electrons. The van der Waals surface area contributed by atoms with Crippen LogP contribution in [-0.4, -0.2) is 12.3 Å². The van der Waals surface area contributed by atoms with Gasteiger partial charge in [-0.1, -0.05) is 84.0 Å². The lowest BCUT2D eigenvalue weighted by molar-refractivity contribution is 0.183. The van der Waals surface area contributed by atoms with Crippen LogP contribution in [0.5, 0.6) is 0 Å².